The smallest absolute Gasteiger partial charge is 0.490 e. The van der Waals surface area contributed by atoms with E-state index in [1.807, 2.05) is 0 Å². The molecule has 0 aliphatic carbocycles. The molecule has 0 saturated heterocycles. The minimum Gasteiger partial charge on any atom is -0.490 e. The number of pyridine rings is 1. The number of aromatic nitrogens is 1. The molecule has 11 heteroatoms. The van der Waals surface area contributed by atoms with Gasteiger partial charge in [0.05, 0.1) is 12.8 Å². The average molecular weight is 313 g/mol. The summed E-state index contributed by atoms with van der Waals surface area (Å²) >= 11 is 0. The van der Waals surface area contributed by atoms with Gasteiger partial charge in [0.15, 0.2) is 0 Å². The van der Waals surface area contributed by atoms with E-state index < -0.39 is 32.0 Å². The fourth-order valence-electron chi connectivity index (χ4n) is 1.01. The van der Waals surface area contributed by atoms with Gasteiger partial charge in [0.1, 0.15) is 12.4 Å². The third kappa shape index (κ3) is 8.15. The fourth-order valence-corrected chi connectivity index (χ4v) is 1.01. The number of halogens is 6. The molecular weight excluding hydrogens is 306 g/mol. The van der Waals surface area contributed by atoms with Gasteiger partial charge < -0.3 is 17.7 Å². The number of ether oxygens (including phenoxy) is 2. The first-order valence-electron chi connectivity index (χ1n) is 4.67. The van der Waals surface area contributed by atoms with Crippen molar-refractivity contribution >= 4 is 12.4 Å². The summed E-state index contributed by atoms with van der Waals surface area (Å²) in [6, 6.07) is 0.667. The predicted octanol–water partition coefficient (Wildman–Crippen LogP) is -0.945. The molecule has 0 spiro atoms. The van der Waals surface area contributed by atoms with Crippen LogP contribution in [0.1, 0.15) is 0 Å². The van der Waals surface area contributed by atoms with Gasteiger partial charge in [-0.3, -0.25) is 9.72 Å². The molecule has 0 aliphatic rings. The first-order chi connectivity index (χ1) is 8.18. The van der Waals surface area contributed by atoms with Gasteiger partial charge in [-0.05, 0) is 6.07 Å². The Labute approximate surface area is 147 Å². The molecule has 1 aromatic heterocycles. The topological polar surface area (TPSA) is 31.4 Å². The minimum absolute atomic E-state index is 0. The Hall–Kier alpha value is 0.191. The van der Waals surface area contributed by atoms with Crippen molar-refractivity contribution in [3.05, 3.63) is 18.5 Å². The van der Waals surface area contributed by atoms with Crippen LogP contribution in [0.4, 0.5) is 26.1 Å². The molecule has 3 nitrogen and oxygen atoms in total. The summed E-state index contributed by atoms with van der Waals surface area (Å²) < 4.78 is 79.7. The van der Waals surface area contributed by atoms with E-state index >= 15 is 0 Å². The summed E-state index contributed by atoms with van der Waals surface area (Å²) in [5, 5.41) is 0. The molecule has 102 valence electrons. The third-order valence-corrected chi connectivity index (χ3v) is 1.73. The Balaban J connectivity index is 0.00000324. The first-order valence-corrected chi connectivity index (χ1v) is 4.67. The molecule has 19 heavy (non-hydrogen) atoms. The second-order valence-corrected chi connectivity index (χ2v) is 3.17. The monoisotopic (exact) mass is 313 g/mol. The van der Waals surface area contributed by atoms with Crippen LogP contribution in [0.25, 0.3) is 0 Å². The van der Waals surface area contributed by atoms with Crippen molar-refractivity contribution in [1.29, 1.82) is 0 Å². The zero-order valence-electron chi connectivity index (χ0n) is 9.76. The van der Waals surface area contributed by atoms with Crippen LogP contribution in [0.5, 0.6) is 5.75 Å². The predicted molar refractivity (Wildman–Crippen MR) is 50.5 cm³/mol. The van der Waals surface area contributed by atoms with E-state index in [-0.39, 0.29) is 57.1 Å². The van der Waals surface area contributed by atoms with Crippen molar-refractivity contribution in [3.63, 3.8) is 0 Å². The molecule has 0 amide bonds. The van der Waals surface area contributed by atoms with E-state index in [1.165, 1.54) is 0 Å². The van der Waals surface area contributed by atoms with E-state index in [1.54, 1.807) is 0 Å². The van der Waals surface area contributed by atoms with Gasteiger partial charge in [0, 0.05) is 6.20 Å². The summed E-state index contributed by atoms with van der Waals surface area (Å²) in [5.41, 5.74) is -0.982. The largest absolute Gasteiger partial charge is 1.00 e. The van der Waals surface area contributed by atoms with Crippen LogP contribution < -0.4 is 61.6 Å². The SMILES string of the molecule is F[B-](F)(F)c1cncc(OCCOC(F)(F)F)c1.[K+]. The van der Waals surface area contributed by atoms with Crippen LogP contribution in [0, 0.1) is 0 Å². The minimum atomic E-state index is -5.22. The Morgan fingerprint density at radius 2 is 1.74 bits per heavy atom. The van der Waals surface area contributed by atoms with Crippen molar-refractivity contribution in [2.24, 2.45) is 0 Å². The van der Waals surface area contributed by atoms with Gasteiger partial charge in [0.2, 0.25) is 0 Å². The van der Waals surface area contributed by atoms with Gasteiger partial charge in [-0.2, -0.15) is 0 Å². The van der Waals surface area contributed by atoms with Crippen LogP contribution in [-0.4, -0.2) is 31.5 Å². The van der Waals surface area contributed by atoms with Gasteiger partial charge >= 0.3 is 64.7 Å². The molecule has 1 heterocycles. The second kappa shape index (κ2) is 7.84. The molecule has 0 bridgehead atoms. The Morgan fingerprint density at radius 1 is 1.11 bits per heavy atom. The molecular formula is C8H7BF6KNO2. The summed E-state index contributed by atoms with van der Waals surface area (Å²) in [7, 11) is 0. The van der Waals surface area contributed by atoms with Crippen molar-refractivity contribution < 1.29 is 87.0 Å². The van der Waals surface area contributed by atoms with Crippen LogP contribution in [-0.2, 0) is 4.74 Å². The molecule has 1 rings (SSSR count). The van der Waals surface area contributed by atoms with Gasteiger partial charge in [-0.1, -0.05) is 5.46 Å². The van der Waals surface area contributed by atoms with Crippen LogP contribution in [0.3, 0.4) is 0 Å². The zero-order valence-corrected chi connectivity index (χ0v) is 12.9. The van der Waals surface area contributed by atoms with Gasteiger partial charge in [-0.15, -0.1) is 13.2 Å². The Bertz CT molecular complexity index is 400. The van der Waals surface area contributed by atoms with Gasteiger partial charge in [-0.25, -0.2) is 0 Å². The van der Waals surface area contributed by atoms with Crippen molar-refractivity contribution in [2.45, 2.75) is 6.36 Å². The molecule has 0 saturated carbocycles. The van der Waals surface area contributed by atoms with E-state index in [2.05, 4.69) is 14.5 Å². The molecule has 0 aliphatic heterocycles. The maximum atomic E-state index is 12.3. The maximum Gasteiger partial charge on any atom is 1.00 e. The first kappa shape index (κ1) is 19.2. The number of hydrogen-bond donors (Lipinski definition) is 0. The normalized spacial score (nSPS) is 11.9. The average Bonchev–Trinajstić information content (AvgIpc) is 2.22. The van der Waals surface area contributed by atoms with E-state index in [0.717, 1.165) is 6.20 Å². The summed E-state index contributed by atoms with van der Waals surface area (Å²) in [5.74, 6) is -0.266. The molecule has 0 aromatic carbocycles. The van der Waals surface area contributed by atoms with Crippen LogP contribution >= 0.6 is 0 Å². The van der Waals surface area contributed by atoms with E-state index in [9.17, 15) is 26.1 Å². The quantitative estimate of drug-likeness (QED) is 0.399. The van der Waals surface area contributed by atoms with Gasteiger partial charge in [0.25, 0.3) is 0 Å². The second-order valence-electron chi connectivity index (χ2n) is 3.17. The van der Waals surface area contributed by atoms with Crippen molar-refractivity contribution in [3.8, 4) is 5.75 Å². The number of nitrogens with zero attached hydrogens (tertiary/aromatic N) is 1. The standard InChI is InChI=1S/C8H7BF6NO2.K/c10-8(11,12)18-2-1-17-7-3-6(4-16-5-7)9(13,14)15;/h3-5H,1-2H2;/q-1;+1. The Kier molecular flexibility index (Phi) is 7.92. The summed E-state index contributed by atoms with van der Waals surface area (Å²) in [6.07, 6.45) is -3.21. The molecule has 0 atom stereocenters. The third-order valence-electron chi connectivity index (χ3n) is 1.73. The summed E-state index contributed by atoms with van der Waals surface area (Å²) in [4.78, 5) is 3.29. The van der Waals surface area contributed by atoms with Crippen molar-refractivity contribution in [1.82, 2.24) is 4.98 Å². The molecule has 0 N–H and O–H groups in total. The fraction of sp³-hybridized carbons (Fsp3) is 0.375. The van der Waals surface area contributed by atoms with Crippen LogP contribution in [0.15, 0.2) is 18.5 Å². The molecule has 0 unspecified atom stereocenters. The summed E-state index contributed by atoms with van der Waals surface area (Å²) in [6.45, 7) is -6.57. The Morgan fingerprint density at radius 3 is 2.26 bits per heavy atom. The zero-order chi connectivity index (χ0) is 13.8. The molecule has 0 fully saturated rings. The maximum absolute atomic E-state index is 12.3. The molecule has 0 radical (unpaired) electrons. The van der Waals surface area contributed by atoms with Crippen molar-refractivity contribution in [2.75, 3.05) is 13.2 Å². The van der Waals surface area contributed by atoms with E-state index in [0.29, 0.717) is 12.3 Å². The number of hydrogen-bond acceptors (Lipinski definition) is 3. The van der Waals surface area contributed by atoms with Crippen LogP contribution in [0.2, 0.25) is 0 Å². The number of rotatable bonds is 5. The molecule has 1 aromatic rings. The van der Waals surface area contributed by atoms with E-state index in [4.69, 9.17) is 0 Å². The number of alkyl halides is 3.